The maximum Gasteiger partial charge on any atom is 0.257 e. The normalized spacial score (nSPS) is 10.1. The average Bonchev–Trinajstić information content (AvgIpc) is 2.73. The minimum atomic E-state index is -0.254. The van der Waals surface area contributed by atoms with Crippen molar-refractivity contribution in [1.82, 2.24) is 5.32 Å². The molecule has 29 heavy (non-hydrogen) atoms. The van der Waals surface area contributed by atoms with Crippen molar-refractivity contribution in [2.24, 2.45) is 0 Å². The van der Waals surface area contributed by atoms with E-state index >= 15 is 0 Å². The predicted molar refractivity (Wildman–Crippen MR) is 119 cm³/mol. The van der Waals surface area contributed by atoms with E-state index < -0.39 is 0 Å². The smallest absolute Gasteiger partial charge is 0.257 e. The highest BCUT2D eigenvalue weighted by Crippen LogP contribution is 2.23. The lowest BCUT2D eigenvalue weighted by Crippen LogP contribution is -2.34. The van der Waals surface area contributed by atoms with Gasteiger partial charge in [0.15, 0.2) is 5.11 Å². The fourth-order valence-electron chi connectivity index (χ4n) is 2.68. The summed E-state index contributed by atoms with van der Waals surface area (Å²) in [5, 5.41) is 5.93. The molecule has 3 rings (SSSR count). The third-order valence-electron chi connectivity index (χ3n) is 4.10. The van der Waals surface area contributed by atoms with Gasteiger partial charge in [0.25, 0.3) is 5.91 Å². The van der Waals surface area contributed by atoms with Crippen LogP contribution in [0, 0.1) is 6.92 Å². The Balaban J connectivity index is 1.53. The van der Waals surface area contributed by atoms with Crippen molar-refractivity contribution < 1.29 is 14.3 Å². The zero-order valence-corrected chi connectivity index (χ0v) is 16.9. The second kappa shape index (κ2) is 10.2. The molecule has 3 aromatic carbocycles. The first kappa shape index (κ1) is 20.4. The van der Waals surface area contributed by atoms with Crippen LogP contribution in [0.2, 0.25) is 0 Å². The number of carbonyl (C=O) groups is 1. The van der Waals surface area contributed by atoms with Crippen molar-refractivity contribution in [3.05, 3.63) is 90.0 Å². The van der Waals surface area contributed by atoms with Gasteiger partial charge in [-0.15, -0.1) is 0 Å². The van der Waals surface area contributed by atoms with E-state index in [1.54, 1.807) is 6.07 Å². The van der Waals surface area contributed by atoms with Gasteiger partial charge in [-0.25, -0.2) is 0 Å². The number of aryl methyl sites for hydroxylation is 1. The Morgan fingerprint density at radius 1 is 0.862 bits per heavy atom. The van der Waals surface area contributed by atoms with E-state index in [0.29, 0.717) is 30.2 Å². The highest BCUT2D eigenvalue weighted by Gasteiger charge is 2.11. The zero-order chi connectivity index (χ0) is 20.5. The van der Waals surface area contributed by atoms with Crippen molar-refractivity contribution in [2.45, 2.75) is 6.92 Å². The number of anilines is 1. The fourth-order valence-corrected chi connectivity index (χ4v) is 2.88. The monoisotopic (exact) mass is 406 g/mol. The Morgan fingerprint density at radius 2 is 1.52 bits per heavy atom. The van der Waals surface area contributed by atoms with Crippen LogP contribution < -0.4 is 20.1 Å². The van der Waals surface area contributed by atoms with Gasteiger partial charge >= 0.3 is 0 Å². The molecule has 3 aromatic rings. The molecule has 0 spiro atoms. The number of nitrogens with one attached hydrogen (secondary N) is 2. The van der Waals surface area contributed by atoms with Crippen molar-refractivity contribution >= 4 is 28.9 Å². The molecule has 0 radical (unpaired) electrons. The molecule has 6 heteroatoms. The van der Waals surface area contributed by atoms with Gasteiger partial charge < -0.3 is 14.8 Å². The first-order chi connectivity index (χ1) is 14.1. The first-order valence-electron chi connectivity index (χ1n) is 9.21. The predicted octanol–water partition coefficient (Wildman–Crippen LogP) is 4.58. The Kier molecular flexibility index (Phi) is 7.19. The number of thiocarbonyl (C=S) groups is 1. The Hall–Kier alpha value is -3.38. The van der Waals surface area contributed by atoms with Crippen LogP contribution in [0.4, 0.5) is 5.69 Å². The summed E-state index contributed by atoms with van der Waals surface area (Å²) >= 11 is 5.29. The first-order valence-corrected chi connectivity index (χ1v) is 9.62. The summed E-state index contributed by atoms with van der Waals surface area (Å²) < 4.78 is 11.4. The molecule has 0 aliphatic heterocycles. The second-order valence-corrected chi connectivity index (χ2v) is 6.64. The lowest BCUT2D eigenvalue weighted by atomic mass is 10.1. The third kappa shape index (κ3) is 6.05. The number of hydrogen-bond acceptors (Lipinski definition) is 4. The summed E-state index contributed by atoms with van der Waals surface area (Å²) in [6.45, 7) is 2.66. The summed E-state index contributed by atoms with van der Waals surface area (Å²) in [4.78, 5) is 12.4. The highest BCUT2D eigenvalue weighted by atomic mass is 32.1. The number of hydrogen-bond donors (Lipinski definition) is 2. The van der Waals surface area contributed by atoms with Crippen molar-refractivity contribution in [3.8, 4) is 11.5 Å². The number of para-hydroxylation sites is 3. The van der Waals surface area contributed by atoms with E-state index in [9.17, 15) is 4.79 Å². The number of rotatable bonds is 7. The van der Waals surface area contributed by atoms with E-state index in [1.165, 1.54) is 0 Å². The minimum absolute atomic E-state index is 0.204. The molecule has 0 heterocycles. The molecular weight excluding hydrogens is 384 g/mol. The third-order valence-corrected chi connectivity index (χ3v) is 4.31. The molecule has 0 bridgehead atoms. The second-order valence-electron chi connectivity index (χ2n) is 6.23. The molecule has 2 N–H and O–H groups in total. The van der Waals surface area contributed by atoms with Crippen LogP contribution in [0.3, 0.4) is 0 Å². The maximum atomic E-state index is 12.4. The van der Waals surface area contributed by atoms with E-state index in [2.05, 4.69) is 10.6 Å². The molecule has 0 aliphatic rings. The summed E-state index contributed by atoms with van der Waals surface area (Å²) in [5.41, 5.74) is 2.14. The lowest BCUT2D eigenvalue weighted by molar-refractivity contribution is 0.0977. The van der Waals surface area contributed by atoms with Crippen LogP contribution in [0.25, 0.3) is 0 Å². The molecule has 0 saturated carbocycles. The number of ether oxygens (including phenoxy) is 2. The Labute approximate surface area is 175 Å². The number of amides is 1. The fraction of sp³-hybridized carbons (Fsp3) is 0.130. The number of carbonyl (C=O) groups excluding carboxylic acids is 1. The van der Waals surface area contributed by atoms with Gasteiger partial charge in [0, 0.05) is 5.56 Å². The number of benzene rings is 3. The van der Waals surface area contributed by atoms with E-state index in [1.807, 2.05) is 79.7 Å². The molecule has 0 aromatic heterocycles. The molecule has 0 atom stereocenters. The minimum Gasteiger partial charge on any atom is -0.490 e. The van der Waals surface area contributed by atoms with Crippen LogP contribution in [0.15, 0.2) is 78.9 Å². The van der Waals surface area contributed by atoms with Gasteiger partial charge in [-0.3, -0.25) is 10.1 Å². The van der Waals surface area contributed by atoms with Crippen LogP contribution >= 0.6 is 12.2 Å². The standard InChI is InChI=1S/C23H22N2O3S/c1-17-9-5-6-12-19(17)22(26)25-23(29)24-20-13-7-8-14-21(20)28-16-15-27-18-10-3-2-4-11-18/h2-14H,15-16H2,1H3,(H2,24,25,26,29). The van der Waals surface area contributed by atoms with Crippen LogP contribution in [-0.2, 0) is 0 Å². The topological polar surface area (TPSA) is 59.6 Å². The van der Waals surface area contributed by atoms with Crippen LogP contribution in [0.1, 0.15) is 15.9 Å². The molecule has 0 fully saturated rings. The Bertz CT molecular complexity index is 977. The van der Waals surface area contributed by atoms with Gasteiger partial charge in [0.1, 0.15) is 24.7 Å². The van der Waals surface area contributed by atoms with Crippen molar-refractivity contribution in [1.29, 1.82) is 0 Å². The van der Waals surface area contributed by atoms with Gasteiger partial charge in [0.05, 0.1) is 5.69 Å². The largest absolute Gasteiger partial charge is 0.490 e. The van der Waals surface area contributed by atoms with Gasteiger partial charge in [-0.05, 0) is 55.0 Å². The molecule has 1 amide bonds. The molecular formula is C23H22N2O3S. The van der Waals surface area contributed by atoms with Gasteiger partial charge in [0.2, 0.25) is 0 Å². The highest BCUT2D eigenvalue weighted by molar-refractivity contribution is 7.80. The van der Waals surface area contributed by atoms with Gasteiger partial charge in [-0.2, -0.15) is 0 Å². The lowest BCUT2D eigenvalue weighted by Gasteiger charge is -2.15. The summed E-state index contributed by atoms with van der Waals surface area (Å²) in [5.74, 6) is 1.16. The SMILES string of the molecule is Cc1ccccc1C(=O)NC(=S)Nc1ccccc1OCCOc1ccccc1. The van der Waals surface area contributed by atoms with Crippen molar-refractivity contribution in [2.75, 3.05) is 18.5 Å². The molecule has 148 valence electrons. The van der Waals surface area contributed by atoms with Gasteiger partial charge in [-0.1, -0.05) is 48.5 Å². The Morgan fingerprint density at radius 3 is 2.31 bits per heavy atom. The van der Waals surface area contributed by atoms with Crippen LogP contribution in [-0.4, -0.2) is 24.2 Å². The van der Waals surface area contributed by atoms with E-state index in [4.69, 9.17) is 21.7 Å². The molecule has 5 nitrogen and oxygen atoms in total. The zero-order valence-electron chi connectivity index (χ0n) is 16.1. The molecule has 0 aliphatic carbocycles. The average molecular weight is 407 g/mol. The van der Waals surface area contributed by atoms with E-state index in [0.717, 1.165) is 11.3 Å². The quantitative estimate of drug-likeness (QED) is 0.444. The molecule has 0 unspecified atom stereocenters. The maximum absolute atomic E-state index is 12.4. The van der Waals surface area contributed by atoms with E-state index in [-0.39, 0.29) is 11.0 Å². The summed E-state index contributed by atoms with van der Waals surface area (Å²) in [6, 6.07) is 24.3. The van der Waals surface area contributed by atoms with Crippen LogP contribution in [0.5, 0.6) is 11.5 Å². The molecule has 0 saturated heterocycles. The summed E-state index contributed by atoms with van der Waals surface area (Å²) in [6.07, 6.45) is 0. The van der Waals surface area contributed by atoms with Crippen molar-refractivity contribution in [3.63, 3.8) is 0 Å². The summed E-state index contributed by atoms with van der Waals surface area (Å²) in [7, 11) is 0.